The molecular formula is C7H8N2O3. The Hall–Kier alpha value is -1.65. The van der Waals surface area contributed by atoms with E-state index in [1.807, 2.05) is 0 Å². The molecule has 0 spiro atoms. The van der Waals surface area contributed by atoms with Gasteiger partial charge >= 0.3 is 6.01 Å². The van der Waals surface area contributed by atoms with E-state index in [2.05, 4.69) is 9.97 Å². The number of hydrogen-bond donors (Lipinski definition) is 0. The van der Waals surface area contributed by atoms with Crippen molar-refractivity contribution in [3.05, 3.63) is 12.3 Å². The first kappa shape index (κ1) is 8.45. The average molecular weight is 168 g/mol. The molecule has 0 amide bonds. The van der Waals surface area contributed by atoms with Crippen LogP contribution in [0.1, 0.15) is 0 Å². The van der Waals surface area contributed by atoms with Crippen molar-refractivity contribution in [3.8, 4) is 11.9 Å². The molecule has 0 radical (unpaired) electrons. The van der Waals surface area contributed by atoms with Crippen molar-refractivity contribution in [2.24, 2.45) is 0 Å². The Bertz CT molecular complexity index is 265. The summed E-state index contributed by atoms with van der Waals surface area (Å²) in [5, 5.41) is 0. The lowest BCUT2D eigenvalue weighted by atomic mass is 10.6. The molecule has 0 aliphatic heterocycles. The minimum absolute atomic E-state index is 0.0484. The largest absolute Gasteiger partial charge is 0.481 e. The first-order chi connectivity index (χ1) is 5.86. The maximum atomic E-state index is 9.92. The van der Waals surface area contributed by atoms with Crippen molar-refractivity contribution in [2.45, 2.75) is 0 Å². The van der Waals surface area contributed by atoms with E-state index in [1.165, 1.54) is 13.3 Å². The highest BCUT2D eigenvalue weighted by Gasteiger charge is 1.98. The van der Waals surface area contributed by atoms with E-state index in [0.29, 0.717) is 12.2 Å². The Morgan fingerprint density at radius 1 is 1.67 bits per heavy atom. The number of nitrogens with zero attached hydrogens (tertiary/aromatic N) is 2. The van der Waals surface area contributed by atoms with Gasteiger partial charge in [0.2, 0.25) is 5.88 Å². The molecule has 5 nitrogen and oxygen atoms in total. The van der Waals surface area contributed by atoms with Gasteiger partial charge < -0.3 is 9.47 Å². The highest BCUT2D eigenvalue weighted by Crippen LogP contribution is 2.08. The highest BCUT2D eigenvalue weighted by atomic mass is 16.5. The molecule has 12 heavy (non-hydrogen) atoms. The normalized spacial score (nSPS) is 9.08. The zero-order valence-electron chi connectivity index (χ0n) is 6.56. The number of hydrogen-bond acceptors (Lipinski definition) is 5. The van der Waals surface area contributed by atoms with Gasteiger partial charge in [-0.2, -0.15) is 4.98 Å². The standard InChI is InChI=1S/C7H8N2O3/c1-11-6-2-3-8-7(9-6)12-5-4-10/h2-4H,5H2,1H3. The molecule has 0 atom stereocenters. The summed E-state index contributed by atoms with van der Waals surface area (Å²) in [5.74, 6) is 0.408. The Morgan fingerprint density at radius 2 is 2.50 bits per heavy atom. The first-order valence-corrected chi connectivity index (χ1v) is 3.30. The van der Waals surface area contributed by atoms with E-state index in [-0.39, 0.29) is 12.6 Å². The predicted molar refractivity (Wildman–Crippen MR) is 40.1 cm³/mol. The van der Waals surface area contributed by atoms with Crippen molar-refractivity contribution in [3.63, 3.8) is 0 Å². The third-order valence-corrected chi connectivity index (χ3v) is 1.10. The number of carbonyl (C=O) groups is 1. The molecular weight excluding hydrogens is 160 g/mol. The maximum absolute atomic E-state index is 9.92. The van der Waals surface area contributed by atoms with Crippen molar-refractivity contribution in [1.82, 2.24) is 9.97 Å². The predicted octanol–water partition coefficient (Wildman–Crippen LogP) is 0.0629. The molecule has 64 valence electrons. The summed E-state index contributed by atoms with van der Waals surface area (Å²) in [4.78, 5) is 17.5. The van der Waals surface area contributed by atoms with Gasteiger partial charge in [0.05, 0.1) is 7.11 Å². The number of ether oxygens (including phenoxy) is 2. The van der Waals surface area contributed by atoms with Crippen LogP contribution in [-0.2, 0) is 4.79 Å². The van der Waals surface area contributed by atoms with Crippen LogP contribution >= 0.6 is 0 Å². The molecule has 5 heteroatoms. The zero-order chi connectivity index (χ0) is 8.81. The van der Waals surface area contributed by atoms with Crippen LogP contribution in [-0.4, -0.2) is 30.0 Å². The first-order valence-electron chi connectivity index (χ1n) is 3.30. The van der Waals surface area contributed by atoms with Crippen LogP contribution in [0.25, 0.3) is 0 Å². The fourth-order valence-electron chi connectivity index (χ4n) is 0.617. The molecule has 1 heterocycles. The van der Waals surface area contributed by atoms with Crippen LogP contribution in [0.3, 0.4) is 0 Å². The lowest BCUT2D eigenvalue weighted by Gasteiger charge is -2.00. The van der Waals surface area contributed by atoms with Gasteiger partial charge in [-0.1, -0.05) is 0 Å². The van der Waals surface area contributed by atoms with E-state index >= 15 is 0 Å². The second kappa shape index (κ2) is 4.27. The molecule has 0 fully saturated rings. The molecule has 1 aromatic rings. The number of aromatic nitrogens is 2. The molecule has 0 saturated carbocycles. The summed E-state index contributed by atoms with van der Waals surface area (Å²) in [5.41, 5.74) is 0. The monoisotopic (exact) mass is 168 g/mol. The van der Waals surface area contributed by atoms with Gasteiger partial charge in [0.1, 0.15) is 6.61 Å². The van der Waals surface area contributed by atoms with Gasteiger partial charge in [-0.15, -0.1) is 0 Å². The van der Waals surface area contributed by atoms with Crippen LogP contribution in [0.2, 0.25) is 0 Å². The topological polar surface area (TPSA) is 61.3 Å². The van der Waals surface area contributed by atoms with Crippen molar-refractivity contribution in [2.75, 3.05) is 13.7 Å². The third kappa shape index (κ3) is 2.19. The summed E-state index contributed by atoms with van der Waals surface area (Å²) in [7, 11) is 1.49. The fourth-order valence-corrected chi connectivity index (χ4v) is 0.617. The van der Waals surface area contributed by atoms with Crippen molar-refractivity contribution < 1.29 is 14.3 Å². The second-order valence-corrected chi connectivity index (χ2v) is 1.86. The fraction of sp³-hybridized carbons (Fsp3) is 0.286. The molecule has 0 saturated heterocycles. The smallest absolute Gasteiger partial charge is 0.320 e. The minimum atomic E-state index is -0.0484. The van der Waals surface area contributed by atoms with Crippen LogP contribution < -0.4 is 9.47 Å². The van der Waals surface area contributed by atoms with E-state index in [4.69, 9.17) is 9.47 Å². The quantitative estimate of drug-likeness (QED) is 0.595. The van der Waals surface area contributed by atoms with E-state index in [9.17, 15) is 4.79 Å². The number of carbonyl (C=O) groups excluding carboxylic acids is 1. The molecule has 1 rings (SSSR count). The molecule has 0 unspecified atom stereocenters. The molecule has 0 aliphatic carbocycles. The molecule has 0 bridgehead atoms. The molecule has 0 N–H and O–H groups in total. The Kier molecular flexibility index (Phi) is 3.01. The summed E-state index contributed by atoms with van der Waals surface area (Å²) in [6, 6.07) is 1.73. The Morgan fingerprint density at radius 3 is 3.17 bits per heavy atom. The third-order valence-electron chi connectivity index (χ3n) is 1.10. The summed E-state index contributed by atoms with van der Waals surface area (Å²) in [6.45, 7) is -0.0484. The van der Waals surface area contributed by atoms with Crippen LogP contribution in [0.15, 0.2) is 12.3 Å². The lowest BCUT2D eigenvalue weighted by Crippen LogP contribution is -2.02. The van der Waals surface area contributed by atoms with Gasteiger partial charge in [0, 0.05) is 12.3 Å². The van der Waals surface area contributed by atoms with E-state index < -0.39 is 0 Å². The van der Waals surface area contributed by atoms with Crippen LogP contribution in [0.4, 0.5) is 0 Å². The van der Waals surface area contributed by atoms with Crippen LogP contribution in [0.5, 0.6) is 11.9 Å². The van der Waals surface area contributed by atoms with Crippen molar-refractivity contribution in [1.29, 1.82) is 0 Å². The molecule has 1 aromatic heterocycles. The highest BCUT2D eigenvalue weighted by molar-refractivity contribution is 5.51. The van der Waals surface area contributed by atoms with Gasteiger partial charge in [0.15, 0.2) is 6.29 Å². The van der Waals surface area contributed by atoms with Gasteiger partial charge in [-0.25, -0.2) is 4.98 Å². The SMILES string of the molecule is COc1ccnc(OCC=O)n1. The van der Waals surface area contributed by atoms with Crippen molar-refractivity contribution >= 4 is 6.29 Å². The number of rotatable bonds is 4. The second-order valence-electron chi connectivity index (χ2n) is 1.86. The van der Waals surface area contributed by atoms with Gasteiger partial charge in [-0.3, -0.25) is 4.79 Å². The number of aldehydes is 1. The lowest BCUT2D eigenvalue weighted by molar-refractivity contribution is -0.109. The molecule has 0 aliphatic rings. The summed E-state index contributed by atoms with van der Waals surface area (Å²) < 4.78 is 9.64. The zero-order valence-corrected chi connectivity index (χ0v) is 6.56. The number of methoxy groups -OCH3 is 1. The Labute approximate surface area is 69.4 Å². The maximum Gasteiger partial charge on any atom is 0.320 e. The molecule has 0 aromatic carbocycles. The van der Waals surface area contributed by atoms with Gasteiger partial charge in [0.25, 0.3) is 0 Å². The van der Waals surface area contributed by atoms with Gasteiger partial charge in [-0.05, 0) is 0 Å². The summed E-state index contributed by atoms with van der Waals surface area (Å²) in [6.07, 6.45) is 2.12. The Balaban J connectivity index is 2.65. The van der Waals surface area contributed by atoms with E-state index in [0.717, 1.165) is 0 Å². The van der Waals surface area contributed by atoms with Crippen LogP contribution in [0, 0.1) is 0 Å². The average Bonchev–Trinajstić information content (AvgIpc) is 2.15. The summed E-state index contributed by atoms with van der Waals surface area (Å²) >= 11 is 0. The minimum Gasteiger partial charge on any atom is -0.481 e. The van der Waals surface area contributed by atoms with E-state index in [1.54, 1.807) is 6.07 Å².